The molecule has 0 radical (unpaired) electrons. The maximum atomic E-state index is 13.3. The Morgan fingerprint density at radius 3 is 3.04 bits per heavy atom. The van der Waals surface area contributed by atoms with Gasteiger partial charge in [-0.1, -0.05) is 0 Å². The molecule has 0 unspecified atom stereocenters. The molecule has 122 valence electrons. The third-order valence-electron chi connectivity index (χ3n) is 4.24. The van der Waals surface area contributed by atoms with Crippen molar-refractivity contribution in [3.05, 3.63) is 46.0 Å². The molecule has 1 aliphatic rings. The number of benzene rings is 1. The van der Waals surface area contributed by atoms with Crippen LogP contribution >= 0.6 is 0 Å². The zero-order valence-corrected chi connectivity index (χ0v) is 13.1. The lowest BCUT2D eigenvalue weighted by molar-refractivity contribution is -0.125. The van der Waals surface area contributed by atoms with Crippen molar-refractivity contribution in [2.24, 2.45) is 0 Å². The van der Waals surface area contributed by atoms with Crippen LogP contribution in [0.25, 0.3) is 10.9 Å². The number of H-pyrrole nitrogens is 1. The van der Waals surface area contributed by atoms with E-state index in [0.717, 1.165) is 25.1 Å². The zero-order valence-electron chi connectivity index (χ0n) is 13.1. The van der Waals surface area contributed by atoms with Crippen LogP contribution in [0.5, 0.6) is 0 Å². The molecule has 23 heavy (non-hydrogen) atoms. The summed E-state index contributed by atoms with van der Waals surface area (Å²) in [5.74, 6) is -0.387. The molecule has 1 aromatic carbocycles. The Morgan fingerprint density at radius 2 is 2.26 bits per heavy atom. The van der Waals surface area contributed by atoms with Crippen LogP contribution in [0, 0.1) is 5.82 Å². The first kappa shape index (κ1) is 15.7. The van der Waals surface area contributed by atoms with Crippen LogP contribution in [-0.4, -0.2) is 34.9 Å². The summed E-state index contributed by atoms with van der Waals surface area (Å²) in [5.41, 5.74) is 1.15. The van der Waals surface area contributed by atoms with E-state index < -0.39 is 5.82 Å². The number of carbonyl (C=O) groups is 1. The standard InChI is InChI=1S/C17H20FN3O2/c1-2-19-17(23)15-4-3-7-21(15)10-12-9-16(22)13-8-11(18)5-6-14(13)20-12/h5-6,8-9,15H,2-4,7,10H2,1H3,(H,19,23)(H,20,22)/t15-/m0/s1. The summed E-state index contributed by atoms with van der Waals surface area (Å²) in [4.78, 5) is 29.5. The molecule has 0 saturated carbocycles. The van der Waals surface area contributed by atoms with Crippen LogP contribution in [0.4, 0.5) is 4.39 Å². The Labute approximate surface area is 133 Å². The average molecular weight is 317 g/mol. The number of likely N-dealkylation sites (tertiary alicyclic amines) is 1. The average Bonchev–Trinajstić information content (AvgIpc) is 2.96. The minimum Gasteiger partial charge on any atom is -0.357 e. The second kappa shape index (κ2) is 6.50. The Hall–Kier alpha value is -2.21. The lowest BCUT2D eigenvalue weighted by atomic mass is 10.1. The van der Waals surface area contributed by atoms with Gasteiger partial charge in [-0.3, -0.25) is 14.5 Å². The van der Waals surface area contributed by atoms with E-state index in [1.807, 2.05) is 6.92 Å². The summed E-state index contributed by atoms with van der Waals surface area (Å²) >= 11 is 0. The lowest BCUT2D eigenvalue weighted by Gasteiger charge is -2.23. The molecule has 1 aromatic heterocycles. The molecule has 0 aliphatic carbocycles. The molecule has 1 amide bonds. The van der Waals surface area contributed by atoms with Gasteiger partial charge in [-0.15, -0.1) is 0 Å². The van der Waals surface area contributed by atoms with E-state index in [-0.39, 0.29) is 17.4 Å². The van der Waals surface area contributed by atoms with Crippen LogP contribution in [0.1, 0.15) is 25.5 Å². The molecule has 1 atom stereocenters. The highest BCUT2D eigenvalue weighted by Crippen LogP contribution is 2.20. The molecule has 2 N–H and O–H groups in total. The van der Waals surface area contributed by atoms with Crippen LogP contribution in [0.2, 0.25) is 0 Å². The van der Waals surface area contributed by atoms with E-state index in [0.29, 0.717) is 24.0 Å². The van der Waals surface area contributed by atoms with Gasteiger partial charge < -0.3 is 10.3 Å². The Morgan fingerprint density at radius 1 is 1.43 bits per heavy atom. The van der Waals surface area contributed by atoms with E-state index in [2.05, 4.69) is 15.2 Å². The van der Waals surface area contributed by atoms with Gasteiger partial charge in [0.25, 0.3) is 0 Å². The highest BCUT2D eigenvalue weighted by Gasteiger charge is 2.30. The van der Waals surface area contributed by atoms with Crippen molar-refractivity contribution in [3.63, 3.8) is 0 Å². The molecule has 0 bridgehead atoms. The zero-order chi connectivity index (χ0) is 16.4. The summed E-state index contributed by atoms with van der Waals surface area (Å²) in [7, 11) is 0. The SMILES string of the molecule is CCNC(=O)[C@@H]1CCCN1Cc1cc(=O)c2cc(F)ccc2[nH]1. The fourth-order valence-electron chi connectivity index (χ4n) is 3.18. The van der Waals surface area contributed by atoms with E-state index in [9.17, 15) is 14.0 Å². The number of carbonyl (C=O) groups excluding carboxylic acids is 1. The maximum Gasteiger partial charge on any atom is 0.237 e. The molecule has 5 nitrogen and oxygen atoms in total. The molecule has 2 heterocycles. The van der Waals surface area contributed by atoms with Crippen LogP contribution in [0.15, 0.2) is 29.1 Å². The Kier molecular flexibility index (Phi) is 4.43. The molecule has 2 aromatic rings. The number of likely N-dealkylation sites (N-methyl/N-ethyl adjacent to an activating group) is 1. The fraction of sp³-hybridized carbons (Fsp3) is 0.412. The Balaban J connectivity index is 1.85. The number of halogens is 1. The number of pyridine rings is 1. The fourth-order valence-corrected chi connectivity index (χ4v) is 3.18. The predicted molar refractivity (Wildman–Crippen MR) is 86.6 cm³/mol. The highest BCUT2D eigenvalue weighted by molar-refractivity contribution is 5.82. The van der Waals surface area contributed by atoms with Crippen molar-refractivity contribution < 1.29 is 9.18 Å². The van der Waals surface area contributed by atoms with E-state index in [1.54, 1.807) is 6.07 Å². The van der Waals surface area contributed by atoms with Gasteiger partial charge in [0, 0.05) is 35.8 Å². The number of nitrogens with zero attached hydrogens (tertiary/aromatic N) is 1. The van der Waals surface area contributed by atoms with Gasteiger partial charge in [0.1, 0.15) is 5.82 Å². The normalized spacial score (nSPS) is 18.4. The first-order chi connectivity index (χ1) is 11.1. The minimum atomic E-state index is -0.424. The molecule has 6 heteroatoms. The highest BCUT2D eigenvalue weighted by atomic mass is 19.1. The summed E-state index contributed by atoms with van der Waals surface area (Å²) in [5, 5.41) is 3.20. The number of rotatable bonds is 4. The van der Waals surface area contributed by atoms with Crippen LogP contribution < -0.4 is 10.7 Å². The number of fused-ring (bicyclic) bond motifs is 1. The summed E-state index contributed by atoms with van der Waals surface area (Å²) in [6.07, 6.45) is 1.79. The lowest BCUT2D eigenvalue weighted by Crippen LogP contribution is -2.43. The first-order valence-corrected chi connectivity index (χ1v) is 7.91. The summed E-state index contributed by atoms with van der Waals surface area (Å²) < 4.78 is 13.3. The number of aromatic amines is 1. The van der Waals surface area contributed by atoms with Crippen molar-refractivity contribution in [1.82, 2.24) is 15.2 Å². The van der Waals surface area contributed by atoms with Gasteiger partial charge in [-0.2, -0.15) is 0 Å². The number of amides is 1. The maximum absolute atomic E-state index is 13.3. The van der Waals surface area contributed by atoms with Crippen molar-refractivity contribution in [2.45, 2.75) is 32.4 Å². The molecular weight excluding hydrogens is 297 g/mol. The smallest absolute Gasteiger partial charge is 0.237 e. The monoisotopic (exact) mass is 317 g/mol. The molecule has 1 fully saturated rings. The predicted octanol–water partition coefficient (Wildman–Crippen LogP) is 1.77. The van der Waals surface area contributed by atoms with Crippen molar-refractivity contribution >= 4 is 16.8 Å². The number of aromatic nitrogens is 1. The molecule has 0 spiro atoms. The number of nitrogens with one attached hydrogen (secondary N) is 2. The molecule has 3 rings (SSSR count). The quantitative estimate of drug-likeness (QED) is 0.903. The van der Waals surface area contributed by atoms with Crippen molar-refractivity contribution in [3.8, 4) is 0 Å². The van der Waals surface area contributed by atoms with Gasteiger partial charge in [0.15, 0.2) is 5.43 Å². The first-order valence-electron chi connectivity index (χ1n) is 7.91. The van der Waals surface area contributed by atoms with Crippen LogP contribution in [-0.2, 0) is 11.3 Å². The minimum absolute atomic E-state index is 0.0372. The number of hydrogen-bond acceptors (Lipinski definition) is 3. The molecule has 1 aliphatic heterocycles. The largest absolute Gasteiger partial charge is 0.357 e. The summed E-state index contributed by atoms with van der Waals surface area (Å²) in [6.45, 7) is 3.84. The molecular formula is C17H20FN3O2. The van der Waals surface area contributed by atoms with Gasteiger partial charge in [-0.25, -0.2) is 4.39 Å². The second-order valence-corrected chi connectivity index (χ2v) is 5.87. The van der Waals surface area contributed by atoms with Gasteiger partial charge in [-0.05, 0) is 44.5 Å². The van der Waals surface area contributed by atoms with Crippen molar-refractivity contribution in [1.29, 1.82) is 0 Å². The Bertz CT molecular complexity index is 787. The van der Waals surface area contributed by atoms with E-state index in [4.69, 9.17) is 0 Å². The third kappa shape index (κ3) is 3.27. The van der Waals surface area contributed by atoms with E-state index in [1.165, 1.54) is 18.2 Å². The third-order valence-corrected chi connectivity index (χ3v) is 4.24. The van der Waals surface area contributed by atoms with Gasteiger partial charge >= 0.3 is 0 Å². The number of hydrogen-bond donors (Lipinski definition) is 2. The topological polar surface area (TPSA) is 65.2 Å². The van der Waals surface area contributed by atoms with Gasteiger partial charge in [0.2, 0.25) is 5.91 Å². The summed E-state index contributed by atoms with van der Waals surface area (Å²) in [6, 6.07) is 5.48. The molecule has 1 saturated heterocycles. The second-order valence-electron chi connectivity index (χ2n) is 5.87. The van der Waals surface area contributed by atoms with Gasteiger partial charge in [0.05, 0.1) is 6.04 Å². The van der Waals surface area contributed by atoms with Crippen LogP contribution in [0.3, 0.4) is 0 Å². The van der Waals surface area contributed by atoms with Crippen molar-refractivity contribution in [2.75, 3.05) is 13.1 Å². The van der Waals surface area contributed by atoms with E-state index >= 15 is 0 Å².